The van der Waals surface area contributed by atoms with Gasteiger partial charge in [0.05, 0.1) is 12.7 Å². The van der Waals surface area contributed by atoms with Crippen molar-refractivity contribution in [1.82, 2.24) is 0 Å². The minimum Gasteiger partial charge on any atom is -0.465 e. The quantitative estimate of drug-likeness (QED) is 0.533. The van der Waals surface area contributed by atoms with E-state index in [-0.39, 0.29) is 11.3 Å². The average Bonchev–Trinajstić information content (AvgIpc) is 2.10. The van der Waals surface area contributed by atoms with Crippen LogP contribution in [0.4, 0.5) is 14.5 Å². The molecule has 1 aromatic carbocycles. The second kappa shape index (κ2) is 3.38. The van der Waals surface area contributed by atoms with Crippen molar-refractivity contribution in [3.8, 4) is 0 Å². The van der Waals surface area contributed by atoms with Crippen LogP contribution in [0.3, 0.4) is 0 Å². The van der Waals surface area contributed by atoms with Gasteiger partial charge in [-0.1, -0.05) is 0 Å². The molecule has 1 rings (SSSR count). The number of benzene rings is 1. The monoisotopic (exact) mass is 187 g/mol. The summed E-state index contributed by atoms with van der Waals surface area (Å²) in [4.78, 5) is 10.9. The smallest absolute Gasteiger partial charge is 0.340 e. The molecule has 0 saturated heterocycles. The second-order valence-electron chi connectivity index (χ2n) is 2.35. The molecule has 0 fully saturated rings. The fraction of sp³-hybridized carbons (Fsp3) is 0.125. The van der Waals surface area contributed by atoms with Gasteiger partial charge in [-0.05, 0) is 6.07 Å². The summed E-state index contributed by atoms with van der Waals surface area (Å²) >= 11 is 0. The van der Waals surface area contributed by atoms with Gasteiger partial charge in [0.15, 0.2) is 11.6 Å². The fourth-order valence-electron chi connectivity index (χ4n) is 0.849. The van der Waals surface area contributed by atoms with Crippen LogP contribution in [0.2, 0.25) is 0 Å². The molecule has 0 aliphatic rings. The molecule has 2 N–H and O–H groups in total. The van der Waals surface area contributed by atoms with Gasteiger partial charge in [0.1, 0.15) is 0 Å². The lowest BCUT2D eigenvalue weighted by atomic mass is 10.2. The van der Waals surface area contributed by atoms with Crippen LogP contribution >= 0.6 is 0 Å². The lowest BCUT2D eigenvalue weighted by molar-refractivity contribution is 0.0601. The highest BCUT2D eigenvalue weighted by Gasteiger charge is 2.13. The van der Waals surface area contributed by atoms with E-state index in [0.29, 0.717) is 6.07 Å². The van der Waals surface area contributed by atoms with E-state index in [1.165, 1.54) is 0 Å². The molecule has 0 aliphatic heterocycles. The van der Waals surface area contributed by atoms with Crippen molar-refractivity contribution in [2.75, 3.05) is 12.8 Å². The zero-order chi connectivity index (χ0) is 10.0. The number of carbonyl (C=O) groups is 1. The van der Waals surface area contributed by atoms with Gasteiger partial charge in [0.25, 0.3) is 0 Å². The van der Waals surface area contributed by atoms with Crippen LogP contribution in [-0.2, 0) is 4.74 Å². The Morgan fingerprint density at radius 3 is 2.46 bits per heavy atom. The average molecular weight is 187 g/mol. The van der Waals surface area contributed by atoms with Crippen molar-refractivity contribution in [3.05, 3.63) is 29.3 Å². The van der Waals surface area contributed by atoms with Crippen LogP contribution in [0.15, 0.2) is 12.1 Å². The minimum atomic E-state index is -1.13. The molecule has 0 spiro atoms. The summed E-state index contributed by atoms with van der Waals surface area (Å²) in [6, 6.07) is 1.44. The number of ether oxygens (including phenoxy) is 1. The number of hydrogen-bond donors (Lipinski definition) is 1. The van der Waals surface area contributed by atoms with Gasteiger partial charge in [0.2, 0.25) is 0 Å². The van der Waals surface area contributed by atoms with E-state index in [9.17, 15) is 13.6 Å². The summed E-state index contributed by atoms with van der Waals surface area (Å²) in [6.07, 6.45) is 0. The van der Waals surface area contributed by atoms with Crippen LogP contribution in [0.1, 0.15) is 10.4 Å². The third-order valence-corrected chi connectivity index (χ3v) is 1.50. The van der Waals surface area contributed by atoms with Crippen LogP contribution < -0.4 is 5.73 Å². The molecule has 0 amide bonds. The molecule has 13 heavy (non-hydrogen) atoms. The number of methoxy groups -OCH3 is 1. The van der Waals surface area contributed by atoms with Gasteiger partial charge in [-0.25, -0.2) is 13.6 Å². The zero-order valence-corrected chi connectivity index (χ0v) is 6.80. The van der Waals surface area contributed by atoms with Gasteiger partial charge >= 0.3 is 5.97 Å². The van der Waals surface area contributed by atoms with E-state index in [2.05, 4.69) is 4.74 Å². The van der Waals surface area contributed by atoms with Crippen molar-refractivity contribution in [3.63, 3.8) is 0 Å². The first-order valence-corrected chi connectivity index (χ1v) is 3.39. The van der Waals surface area contributed by atoms with Crippen molar-refractivity contribution >= 4 is 11.7 Å². The molecule has 0 aliphatic carbocycles. The Morgan fingerprint density at radius 2 is 1.92 bits per heavy atom. The number of nitrogen functional groups attached to an aromatic ring is 1. The molecule has 3 nitrogen and oxygen atoms in total. The SMILES string of the molecule is COC(=O)c1cc(F)c(F)cc1N. The largest absolute Gasteiger partial charge is 0.465 e. The number of carbonyl (C=O) groups excluding carboxylic acids is 1. The minimum absolute atomic E-state index is 0.147. The molecule has 0 radical (unpaired) electrons. The van der Waals surface area contributed by atoms with E-state index >= 15 is 0 Å². The standard InChI is InChI=1S/C8H7F2NO2/c1-13-8(12)4-2-5(9)6(10)3-7(4)11/h2-3H,11H2,1H3. The number of esters is 1. The molecule has 1 aromatic rings. The van der Waals surface area contributed by atoms with Crippen molar-refractivity contribution in [1.29, 1.82) is 0 Å². The lowest BCUT2D eigenvalue weighted by Gasteiger charge is -2.03. The number of nitrogens with two attached hydrogens (primary N) is 1. The Hall–Kier alpha value is -1.65. The van der Waals surface area contributed by atoms with Gasteiger partial charge < -0.3 is 10.5 Å². The number of anilines is 1. The van der Waals surface area contributed by atoms with Gasteiger partial charge in [-0.2, -0.15) is 0 Å². The molecule has 0 bridgehead atoms. The Labute approximate surface area is 73.1 Å². The Morgan fingerprint density at radius 1 is 1.38 bits per heavy atom. The highest BCUT2D eigenvalue weighted by Crippen LogP contribution is 2.17. The molecule has 0 aromatic heterocycles. The topological polar surface area (TPSA) is 52.3 Å². The van der Waals surface area contributed by atoms with Crippen LogP contribution in [0, 0.1) is 11.6 Å². The lowest BCUT2D eigenvalue weighted by Crippen LogP contribution is -2.07. The van der Waals surface area contributed by atoms with Crippen molar-refractivity contribution in [2.45, 2.75) is 0 Å². The van der Waals surface area contributed by atoms with E-state index in [1.54, 1.807) is 0 Å². The molecule has 70 valence electrons. The molecular weight excluding hydrogens is 180 g/mol. The van der Waals surface area contributed by atoms with Gasteiger partial charge in [-0.3, -0.25) is 0 Å². The third kappa shape index (κ3) is 1.74. The first-order valence-electron chi connectivity index (χ1n) is 3.39. The molecular formula is C8H7F2NO2. The predicted molar refractivity (Wildman–Crippen MR) is 42.1 cm³/mol. The number of rotatable bonds is 1. The van der Waals surface area contributed by atoms with Crippen molar-refractivity contribution < 1.29 is 18.3 Å². The van der Waals surface area contributed by atoms with Crippen LogP contribution in [0.5, 0.6) is 0 Å². The Balaban J connectivity index is 3.23. The normalized spacial score (nSPS) is 9.77. The summed E-state index contributed by atoms with van der Waals surface area (Å²) in [6.45, 7) is 0. The highest BCUT2D eigenvalue weighted by atomic mass is 19.2. The van der Waals surface area contributed by atoms with Crippen LogP contribution in [0.25, 0.3) is 0 Å². The van der Waals surface area contributed by atoms with Crippen LogP contribution in [-0.4, -0.2) is 13.1 Å². The first kappa shape index (κ1) is 9.44. The summed E-state index contributed by atoms with van der Waals surface area (Å²) in [5.41, 5.74) is 4.93. The first-order chi connectivity index (χ1) is 6.06. The molecule has 0 saturated carbocycles. The molecule has 5 heteroatoms. The number of hydrogen-bond acceptors (Lipinski definition) is 3. The summed E-state index contributed by atoms with van der Waals surface area (Å²) in [5, 5.41) is 0. The van der Waals surface area contributed by atoms with E-state index in [1.807, 2.05) is 0 Å². The molecule has 0 atom stereocenters. The van der Waals surface area contributed by atoms with Gasteiger partial charge in [0, 0.05) is 11.8 Å². The maximum Gasteiger partial charge on any atom is 0.340 e. The highest BCUT2D eigenvalue weighted by molar-refractivity contribution is 5.94. The zero-order valence-electron chi connectivity index (χ0n) is 6.80. The second-order valence-corrected chi connectivity index (χ2v) is 2.35. The molecule has 0 heterocycles. The van der Waals surface area contributed by atoms with Crippen molar-refractivity contribution in [2.24, 2.45) is 0 Å². The maximum absolute atomic E-state index is 12.6. The van der Waals surface area contributed by atoms with E-state index in [0.717, 1.165) is 13.2 Å². The summed E-state index contributed by atoms with van der Waals surface area (Å²) in [7, 11) is 1.13. The predicted octanol–water partition coefficient (Wildman–Crippen LogP) is 1.33. The fourth-order valence-corrected chi connectivity index (χ4v) is 0.849. The Bertz CT molecular complexity index is 352. The maximum atomic E-state index is 12.6. The third-order valence-electron chi connectivity index (χ3n) is 1.50. The van der Waals surface area contributed by atoms with Gasteiger partial charge in [-0.15, -0.1) is 0 Å². The van der Waals surface area contributed by atoms with E-state index in [4.69, 9.17) is 5.73 Å². The Kier molecular flexibility index (Phi) is 2.46. The summed E-state index contributed by atoms with van der Waals surface area (Å²) < 4.78 is 29.4. The number of halogens is 2. The molecule has 0 unspecified atom stereocenters. The summed E-state index contributed by atoms with van der Waals surface area (Å²) in [5.74, 6) is -3.02. The van der Waals surface area contributed by atoms with E-state index < -0.39 is 17.6 Å².